The molecule has 2 rings (SSSR count). The van der Waals surface area contributed by atoms with E-state index in [1.165, 1.54) is 0 Å². The van der Waals surface area contributed by atoms with E-state index in [1.54, 1.807) is 12.1 Å². The lowest BCUT2D eigenvalue weighted by molar-refractivity contribution is 0.0696. The Morgan fingerprint density at radius 2 is 2.05 bits per heavy atom. The molecular formula is C16H17BrN2O2. The van der Waals surface area contributed by atoms with Crippen molar-refractivity contribution in [1.82, 2.24) is 4.98 Å². The van der Waals surface area contributed by atoms with E-state index in [4.69, 9.17) is 0 Å². The molecule has 1 aromatic carbocycles. The van der Waals surface area contributed by atoms with Gasteiger partial charge in [-0.25, -0.2) is 9.78 Å². The number of anilines is 1. The molecule has 0 bridgehead atoms. The Morgan fingerprint density at radius 3 is 2.67 bits per heavy atom. The first-order valence-corrected chi connectivity index (χ1v) is 7.49. The number of carboxylic acid groups (broad SMARTS) is 1. The maximum absolute atomic E-state index is 11.2. The molecular weight excluding hydrogens is 332 g/mol. The van der Waals surface area contributed by atoms with Gasteiger partial charge < -0.3 is 10.0 Å². The standard InChI is InChI=1S/C16H17BrN2O2/c1-3-13-8-12(16(20)21)9-15(18-13)19(2)10-11-6-4-5-7-14(11)17/h4-9H,3,10H2,1-2H3,(H,20,21). The number of halogens is 1. The summed E-state index contributed by atoms with van der Waals surface area (Å²) in [6.45, 7) is 2.62. The van der Waals surface area contributed by atoms with Gasteiger partial charge in [-0.2, -0.15) is 0 Å². The van der Waals surface area contributed by atoms with Crippen LogP contribution in [0.2, 0.25) is 0 Å². The van der Waals surface area contributed by atoms with E-state index >= 15 is 0 Å². The minimum atomic E-state index is -0.928. The van der Waals surface area contributed by atoms with Gasteiger partial charge in [-0.3, -0.25) is 0 Å². The first-order valence-electron chi connectivity index (χ1n) is 6.70. The maximum atomic E-state index is 11.2. The van der Waals surface area contributed by atoms with Crippen LogP contribution in [0.25, 0.3) is 0 Å². The molecule has 0 fully saturated rings. The van der Waals surface area contributed by atoms with Gasteiger partial charge in [-0.05, 0) is 30.2 Å². The first kappa shape index (κ1) is 15.5. The third-order valence-corrected chi connectivity index (χ3v) is 4.00. The molecule has 0 aliphatic heterocycles. The Balaban J connectivity index is 2.30. The average Bonchev–Trinajstić information content (AvgIpc) is 2.49. The van der Waals surface area contributed by atoms with Crippen LogP contribution in [0.5, 0.6) is 0 Å². The number of benzene rings is 1. The molecule has 4 nitrogen and oxygen atoms in total. The van der Waals surface area contributed by atoms with Crippen molar-refractivity contribution in [3.63, 3.8) is 0 Å². The molecule has 0 atom stereocenters. The van der Waals surface area contributed by atoms with Crippen LogP contribution in [0.1, 0.15) is 28.5 Å². The predicted octanol–water partition coefficient (Wildman–Crippen LogP) is 3.74. The molecule has 21 heavy (non-hydrogen) atoms. The smallest absolute Gasteiger partial charge is 0.335 e. The Labute approximate surface area is 132 Å². The van der Waals surface area contributed by atoms with Crippen LogP contribution in [0, 0.1) is 0 Å². The van der Waals surface area contributed by atoms with Crippen molar-refractivity contribution in [1.29, 1.82) is 0 Å². The zero-order valence-corrected chi connectivity index (χ0v) is 13.6. The van der Waals surface area contributed by atoms with Gasteiger partial charge in [0.25, 0.3) is 0 Å². The van der Waals surface area contributed by atoms with Crippen molar-refractivity contribution in [3.8, 4) is 0 Å². The van der Waals surface area contributed by atoms with Crippen LogP contribution < -0.4 is 4.90 Å². The van der Waals surface area contributed by atoms with Crippen LogP contribution in [-0.2, 0) is 13.0 Å². The molecule has 1 N–H and O–H groups in total. The second kappa shape index (κ2) is 6.72. The molecule has 1 aromatic heterocycles. The Hall–Kier alpha value is -1.88. The highest BCUT2D eigenvalue weighted by Crippen LogP contribution is 2.21. The molecule has 0 unspecified atom stereocenters. The molecule has 0 radical (unpaired) electrons. The van der Waals surface area contributed by atoms with E-state index < -0.39 is 5.97 Å². The monoisotopic (exact) mass is 348 g/mol. The van der Waals surface area contributed by atoms with Gasteiger partial charge in [0.2, 0.25) is 0 Å². The summed E-state index contributed by atoms with van der Waals surface area (Å²) in [5.74, 6) is -0.259. The minimum absolute atomic E-state index is 0.274. The number of hydrogen-bond acceptors (Lipinski definition) is 3. The van der Waals surface area contributed by atoms with Crippen molar-refractivity contribution in [3.05, 3.63) is 57.7 Å². The third kappa shape index (κ3) is 3.82. The number of aromatic nitrogens is 1. The van der Waals surface area contributed by atoms with Gasteiger partial charge in [-0.1, -0.05) is 41.1 Å². The van der Waals surface area contributed by atoms with Crippen molar-refractivity contribution in [2.75, 3.05) is 11.9 Å². The lowest BCUT2D eigenvalue weighted by Crippen LogP contribution is -2.19. The van der Waals surface area contributed by atoms with Crippen molar-refractivity contribution >= 4 is 27.7 Å². The largest absolute Gasteiger partial charge is 0.478 e. The quantitative estimate of drug-likeness (QED) is 0.894. The number of carbonyl (C=O) groups is 1. The molecule has 0 saturated heterocycles. The zero-order valence-electron chi connectivity index (χ0n) is 12.0. The number of hydrogen-bond donors (Lipinski definition) is 1. The van der Waals surface area contributed by atoms with E-state index in [1.807, 2.05) is 43.1 Å². The lowest BCUT2D eigenvalue weighted by Gasteiger charge is -2.20. The number of carboxylic acids is 1. The van der Waals surface area contributed by atoms with Crippen LogP contribution in [-0.4, -0.2) is 23.1 Å². The fourth-order valence-corrected chi connectivity index (χ4v) is 2.45. The predicted molar refractivity (Wildman–Crippen MR) is 86.8 cm³/mol. The molecule has 1 heterocycles. The number of nitrogens with zero attached hydrogens (tertiary/aromatic N) is 2. The Morgan fingerprint density at radius 1 is 1.33 bits per heavy atom. The fourth-order valence-electron chi connectivity index (χ4n) is 2.04. The van der Waals surface area contributed by atoms with Gasteiger partial charge in [0.1, 0.15) is 5.82 Å². The average molecular weight is 349 g/mol. The van der Waals surface area contributed by atoms with E-state index in [2.05, 4.69) is 20.9 Å². The Kier molecular flexibility index (Phi) is 4.96. The highest BCUT2D eigenvalue weighted by molar-refractivity contribution is 9.10. The highest BCUT2D eigenvalue weighted by Gasteiger charge is 2.12. The van der Waals surface area contributed by atoms with Crippen LogP contribution in [0.4, 0.5) is 5.82 Å². The molecule has 110 valence electrons. The van der Waals surface area contributed by atoms with Gasteiger partial charge in [-0.15, -0.1) is 0 Å². The van der Waals surface area contributed by atoms with Crippen LogP contribution in [0.15, 0.2) is 40.9 Å². The van der Waals surface area contributed by atoms with Crippen molar-refractivity contribution in [2.45, 2.75) is 19.9 Å². The van der Waals surface area contributed by atoms with Gasteiger partial charge >= 0.3 is 5.97 Å². The summed E-state index contributed by atoms with van der Waals surface area (Å²) in [6.07, 6.45) is 0.705. The van der Waals surface area contributed by atoms with Gasteiger partial charge in [0.05, 0.1) is 5.56 Å². The maximum Gasteiger partial charge on any atom is 0.335 e. The number of rotatable bonds is 5. The minimum Gasteiger partial charge on any atom is -0.478 e. The van der Waals surface area contributed by atoms with Crippen LogP contribution in [0.3, 0.4) is 0 Å². The summed E-state index contributed by atoms with van der Waals surface area (Å²) >= 11 is 3.52. The lowest BCUT2D eigenvalue weighted by atomic mass is 10.1. The molecule has 0 aliphatic carbocycles. The zero-order chi connectivity index (χ0) is 15.4. The van der Waals surface area contributed by atoms with Gasteiger partial charge in [0, 0.05) is 23.8 Å². The summed E-state index contributed by atoms with van der Waals surface area (Å²) in [7, 11) is 1.91. The summed E-state index contributed by atoms with van der Waals surface area (Å²) in [5, 5.41) is 9.19. The van der Waals surface area contributed by atoms with E-state index in [0.29, 0.717) is 18.8 Å². The second-order valence-electron chi connectivity index (χ2n) is 4.81. The Bertz CT molecular complexity index is 658. The summed E-state index contributed by atoms with van der Waals surface area (Å²) in [4.78, 5) is 17.7. The van der Waals surface area contributed by atoms with Crippen molar-refractivity contribution < 1.29 is 9.90 Å². The van der Waals surface area contributed by atoms with E-state index in [0.717, 1.165) is 15.7 Å². The first-order chi connectivity index (χ1) is 10.0. The molecule has 0 aliphatic rings. The normalized spacial score (nSPS) is 10.4. The number of pyridine rings is 1. The third-order valence-electron chi connectivity index (χ3n) is 3.23. The van der Waals surface area contributed by atoms with E-state index in [9.17, 15) is 9.90 Å². The summed E-state index contributed by atoms with van der Waals surface area (Å²) < 4.78 is 1.03. The molecule has 0 spiro atoms. The molecule has 0 saturated carbocycles. The molecule has 2 aromatic rings. The molecule has 0 amide bonds. The summed E-state index contributed by atoms with van der Waals surface area (Å²) in [6, 6.07) is 11.2. The van der Waals surface area contributed by atoms with Gasteiger partial charge in [0.15, 0.2) is 0 Å². The number of aromatic carboxylic acids is 1. The van der Waals surface area contributed by atoms with E-state index in [-0.39, 0.29) is 5.56 Å². The van der Waals surface area contributed by atoms with Crippen LogP contribution >= 0.6 is 15.9 Å². The highest BCUT2D eigenvalue weighted by atomic mass is 79.9. The number of aryl methyl sites for hydroxylation is 1. The second-order valence-corrected chi connectivity index (χ2v) is 5.67. The van der Waals surface area contributed by atoms with Crippen molar-refractivity contribution in [2.24, 2.45) is 0 Å². The molecule has 5 heteroatoms. The summed E-state index contributed by atoms with van der Waals surface area (Å²) in [5.41, 5.74) is 2.18. The SMILES string of the molecule is CCc1cc(C(=O)O)cc(N(C)Cc2ccccc2Br)n1. The topological polar surface area (TPSA) is 53.4 Å². The fraction of sp³-hybridized carbons (Fsp3) is 0.250.